The zero-order valence-electron chi connectivity index (χ0n) is 14.1. The molecular formula is C18H21N3O3S. The van der Waals surface area contributed by atoms with Crippen molar-refractivity contribution in [1.82, 2.24) is 9.97 Å². The Bertz CT molecular complexity index is 777. The van der Waals surface area contributed by atoms with Crippen LogP contribution in [0.4, 0.5) is 0 Å². The van der Waals surface area contributed by atoms with Gasteiger partial charge in [0.15, 0.2) is 5.78 Å². The highest BCUT2D eigenvalue weighted by Gasteiger charge is 2.29. The molecule has 1 atom stereocenters. The Hall–Kier alpha value is -2.28. The van der Waals surface area contributed by atoms with E-state index in [2.05, 4.69) is 15.0 Å². The fourth-order valence-corrected chi connectivity index (χ4v) is 3.62. The van der Waals surface area contributed by atoms with Gasteiger partial charge in [-0.25, -0.2) is 4.98 Å². The Morgan fingerprint density at radius 2 is 2.40 bits per heavy atom. The quantitative estimate of drug-likeness (QED) is 0.582. The number of imidazole rings is 1. The molecule has 0 saturated heterocycles. The highest BCUT2D eigenvalue weighted by atomic mass is 32.2. The summed E-state index contributed by atoms with van der Waals surface area (Å²) in [6, 6.07) is 3.63. The van der Waals surface area contributed by atoms with E-state index in [1.54, 1.807) is 30.4 Å². The van der Waals surface area contributed by atoms with Crippen LogP contribution in [-0.4, -0.2) is 39.4 Å². The van der Waals surface area contributed by atoms with Crippen molar-refractivity contribution in [3.63, 3.8) is 0 Å². The van der Waals surface area contributed by atoms with Crippen LogP contribution in [0.25, 0.3) is 0 Å². The highest BCUT2D eigenvalue weighted by molar-refractivity contribution is 7.98. The number of furan rings is 1. The third-order valence-corrected chi connectivity index (χ3v) is 5.14. The van der Waals surface area contributed by atoms with Crippen molar-refractivity contribution in [1.29, 1.82) is 0 Å². The van der Waals surface area contributed by atoms with Crippen LogP contribution < -0.4 is 0 Å². The Balaban J connectivity index is 1.48. The number of ketones is 1. The molecule has 0 spiro atoms. The average molecular weight is 359 g/mol. The number of aromatic nitrogens is 2. The van der Waals surface area contributed by atoms with Gasteiger partial charge in [-0.15, -0.1) is 0 Å². The van der Waals surface area contributed by atoms with Crippen LogP contribution in [0.2, 0.25) is 0 Å². The first-order valence-corrected chi connectivity index (χ1v) is 9.35. The number of hydrogen-bond donors (Lipinski definition) is 2. The minimum atomic E-state index is -0.0905. The van der Waals surface area contributed by atoms with Crippen LogP contribution in [0.1, 0.15) is 35.9 Å². The summed E-state index contributed by atoms with van der Waals surface area (Å²) in [5.74, 6) is 2.32. The number of aliphatic hydroxyl groups excluding tert-OH is 1. The lowest BCUT2D eigenvalue weighted by Gasteiger charge is -2.20. The normalized spacial score (nSPS) is 18.4. The number of allylic oxidation sites excluding steroid dienone is 2. The Kier molecular flexibility index (Phi) is 5.75. The molecule has 25 heavy (non-hydrogen) atoms. The maximum atomic E-state index is 12.3. The van der Waals surface area contributed by atoms with E-state index >= 15 is 0 Å². The first kappa shape index (κ1) is 17.5. The molecule has 0 aliphatic heterocycles. The van der Waals surface area contributed by atoms with Gasteiger partial charge in [0.1, 0.15) is 11.5 Å². The second-order valence-electron chi connectivity index (χ2n) is 5.97. The number of Topliss-reactive ketones (excluding diaryl/α,β-unsaturated/α-hetero) is 1. The maximum absolute atomic E-state index is 12.3. The van der Waals surface area contributed by atoms with Crippen molar-refractivity contribution in [2.24, 2.45) is 4.99 Å². The molecule has 6 nitrogen and oxygen atoms in total. The number of carbonyl (C=O) groups is 1. The van der Waals surface area contributed by atoms with E-state index in [0.717, 1.165) is 28.7 Å². The fraction of sp³-hybridized carbons (Fsp3) is 0.389. The first-order chi connectivity index (χ1) is 12.1. The van der Waals surface area contributed by atoms with Gasteiger partial charge in [0, 0.05) is 48.7 Å². The van der Waals surface area contributed by atoms with Gasteiger partial charge in [-0.1, -0.05) is 0 Å². The minimum absolute atomic E-state index is 0.0892. The number of carbonyl (C=O) groups excluding carboxylic acids is 1. The molecule has 0 aromatic carbocycles. The molecule has 0 bridgehead atoms. The lowest BCUT2D eigenvalue weighted by Crippen LogP contribution is -2.19. The minimum Gasteiger partial charge on any atom is -0.511 e. The van der Waals surface area contributed by atoms with Crippen LogP contribution in [0, 0.1) is 6.92 Å². The zero-order chi connectivity index (χ0) is 17.6. The molecule has 2 aromatic rings. The predicted molar refractivity (Wildman–Crippen MR) is 98.2 cm³/mol. The second-order valence-corrected chi connectivity index (χ2v) is 7.07. The SMILES string of the molecule is Cc1[nH]cnc1CSCCN=CC1=C(O)CC(c2ccco2)CC1=O. The Morgan fingerprint density at radius 1 is 1.52 bits per heavy atom. The Labute approximate surface area is 150 Å². The molecule has 1 aliphatic carbocycles. The van der Waals surface area contributed by atoms with Crippen LogP contribution in [-0.2, 0) is 10.5 Å². The van der Waals surface area contributed by atoms with Crippen molar-refractivity contribution >= 4 is 23.8 Å². The average Bonchev–Trinajstić information content (AvgIpc) is 3.24. The number of rotatable bonds is 7. The highest BCUT2D eigenvalue weighted by Crippen LogP contribution is 2.33. The largest absolute Gasteiger partial charge is 0.511 e. The molecule has 2 N–H and O–H groups in total. The van der Waals surface area contributed by atoms with Crippen molar-refractivity contribution in [2.45, 2.75) is 31.4 Å². The molecule has 1 unspecified atom stereocenters. The van der Waals surface area contributed by atoms with Gasteiger partial charge in [-0.05, 0) is 19.1 Å². The lowest BCUT2D eigenvalue weighted by molar-refractivity contribution is -0.116. The van der Waals surface area contributed by atoms with Gasteiger partial charge in [0.2, 0.25) is 0 Å². The predicted octanol–water partition coefficient (Wildman–Crippen LogP) is 3.57. The smallest absolute Gasteiger partial charge is 0.168 e. The van der Waals surface area contributed by atoms with Gasteiger partial charge in [0.25, 0.3) is 0 Å². The van der Waals surface area contributed by atoms with Crippen LogP contribution in [0.15, 0.2) is 45.5 Å². The summed E-state index contributed by atoms with van der Waals surface area (Å²) >= 11 is 1.74. The molecule has 2 heterocycles. The summed E-state index contributed by atoms with van der Waals surface area (Å²) < 4.78 is 5.34. The summed E-state index contributed by atoms with van der Waals surface area (Å²) in [7, 11) is 0. The van der Waals surface area contributed by atoms with E-state index < -0.39 is 0 Å². The van der Waals surface area contributed by atoms with Gasteiger partial charge in [0.05, 0.1) is 23.9 Å². The number of thioether (sulfide) groups is 1. The zero-order valence-corrected chi connectivity index (χ0v) is 14.9. The Morgan fingerprint density at radius 3 is 3.08 bits per heavy atom. The number of H-pyrrole nitrogens is 1. The number of aliphatic hydroxyl groups is 1. The molecule has 1 aliphatic rings. The number of aliphatic imine (C=N–C) groups is 1. The van der Waals surface area contributed by atoms with Crippen LogP contribution in [0.3, 0.4) is 0 Å². The van der Waals surface area contributed by atoms with Crippen LogP contribution >= 0.6 is 11.8 Å². The molecule has 132 valence electrons. The summed E-state index contributed by atoms with van der Waals surface area (Å²) in [5.41, 5.74) is 2.47. The summed E-state index contributed by atoms with van der Waals surface area (Å²) in [6.07, 6.45) is 5.54. The molecule has 0 amide bonds. The van der Waals surface area contributed by atoms with Crippen LogP contribution in [0.5, 0.6) is 0 Å². The summed E-state index contributed by atoms with van der Waals surface area (Å²) in [5, 5.41) is 10.2. The molecule has 0 radical (unpaired) electrons. The number of nitrogens with zero attached hydrogens (tertiary/aromatic N) is 2. The lowest BCUT2D eigenvalue weighted by atomic mass is 9.86. The van der Waals surface area contributed by atoms with Crippen molar-refractivity contribution in [3.05, 3.63) is 53.2 Å². The third kappa shape index (κ3) is 4.42. The number of hydrogen-bond acceptors (Lipinski definition) is 6. The summed E-state index contributed by atoms with van der Waals surface area (Å²) in [6.45, 7) is 2.60. The fourth-order valence-electron chi connectivity index (χ4n) is 2.76. The van der Waals surface area contributed by atoms with Crippen molar-refractivity contribution in [2.75, 3.05) is 12.3 Å². The molecular weight excluding hydrogens is 338 g/mol. The van der Waals surface area contributed by atoms with Gasteiger partial charge >= 0.3 is 0 Å². The van der Waals surface area contributed by atoms with Crippen molar-refractivity contribution in [3.8, 4) is 0 Å². The molecule has 0 saturated carbocycles. The number of aryl methyl sites for hydroxylation is 1. The topological polar surface area (TPSA) is 91.5 Å². The van der Waals surface area contributed by atoms with Gasteiger partial charge < -0.3 is 14.5 Å². The van der Waals surface area contributed by atoms with E-state index in [1.165, 1.54) is 6.21 Å². The van der Waals surface area contributed by atoms with Gasteiger partial charge in [-0.3, -0.25) is 9.79 Å². The van der Waals surface area contributed by atoms with E-state index in [9.17, 15) is 9.90 Å². The van der Waals surface area contributed by atoms with Gasteiger partial charge in [-0.2, -0.15) is 11.8 Å². The first-order valence-electron chi connectivity index (χ1n) is 8.20. The van der Waals surface area contributed by atoms with E-state index in [1.807, 2.05) is 13.0 Å². The number of aromatic amines is 1. The molecule has 0 fully saturated rings. The number of nitrogens with one attached hydrogen (secondary N) is 1. The monoisotopic (exact) mass is 359 g/mol. The third-order valence-electron chi connectivity index (χ3n) is 4.19. The van der Waals surface area contributed by atoms with E-state index in [0.29, 0.717) is 25.0 Å². The standard InChI is InChI=1S/C18H21N3O3S/c1-12-15(21-11-20-12)10-25-6-4-19-9-14-16(22)7-13(8-17(14)23)18-3-2-5-24-18/h2-3,5,9,11,13,22H,4,6-8,10H2,1H3,(H,20,21). The molecule has 3 rings (SSSR count). The summed E-state index contributed by atoms with van der Waals surface area (Å²) in [4.78, 5) is 23.8. The maximum Gasteiger partial charge on any atom is 0.168 e. The second kappa shape index (κ2) is 8.20. The molecule has 2 aromatic heterocycles. The molecule has 7 heteroatoms. The van der Waals surface area contributed by atoms with E-state index in [4.69, 9.17) is 4.42 Å². The van der Waals surface area contributed by atoms with Crippen molar-refractivity contribution < 1.29 is 14.3 Å². The van der Waals surface area contributed by atoms with E-state index in [-0.39, 0.29) is 17.5 Å².